The Bertz CT molecular complexity index is 2440. The van der Waals surface area contributed by atoms with E-state index in [9.17, 15) is 24.9 Å². The van der Waals surface area contributed by atoms with Crippen molar-refractivity contribution >= 4 is 23.6 Å². The molecule has 1 saturated carbocycles. The van der Waals surface area contributed by atoms with E-state index in [4.69, 9.17) is 15.5 Å². The SMILES string of the molecule is CCC[C@@H]([C@H]1C[C@H](Cc2ccnc(N)c2)C[C@H]2C#C[C@H](c3ccccc3)c3c(cc(OC)c(O)c3CCc3ccccc3)CCC(=O)CC(=O)[C@@H]2C1)[C@H](O)CC1=C[C+]([C@H](C)CNC[C@H](C)O)C=N1. The van der Waals surface area contributed by atoms with Gasteiger partial charge in [0.2, 0.25) is 0 Å². The van der Waals surface area contributed by atoms with Gasteiger partial charge in [-0.25, -0.2) is 4.98 Å². The van der Waals surface area contributed by atoms with Crippen LogP contribution in [0.5, 0.6) is 11.5 Å². The second kappa shape index (κ2) is 24.0. The molecular weight excluding hydrogens is 849 g/mol. The number of phenols is 1. The highest BCUT2D eigenvalue weighted by atomic mass is 16.5. The number of anilines is 1. The molecule has 0 saturated heterocycles. The molecule has 1 fully saturated rings. The average Bonchev–Trinajstić information content (AvgIpc) is 3.72. The fourth-order valence-electron chi connectivity index (χ4n) is 11.0. The third-order valence-electron chi connectivity index (χ3n) is 14.5. The number of methoxy groups -OCH3 is 1. The molecule has 2 heterocycles. The molecule has 2 aliphatic carbocycles. The Morgan fingerprint density at radius 3 is 2.41 bits per heavy atom. The number of hydrogen-bond donors (Lipinski definition) is 5. The number of benzene rings is 3. The molecule has 4 aromatic rings. The molecule has 7 rings (SSSR count). The first-order valence-electron chi connectivity index (χ1n) is 24.8. The van der Waals surface area contributed by atoms with Gasteiger partial charge in [-0.1, -0.05) is 85.8 Å². The maximum atomic E-state index is 14.9. The summed E-state index contributed by atoms with van der Waals surface area (Å²) in [7, 11) is 1.55. The number of nitrogens with zero attached hydrogens (tertiary/aromatic N) is 2. The lowest BCUT2D eigenvalue weighted by Crippen LogP contribution is -2.32. The number of fused-ring (bicyclic) bond motifs is 2. The number of nitrogen functional groups attached to an aromatic ring is 1. The number of pyridine rings is 1. The van der Waals surface area contributed by atoms with Gasteiger partial charge in [0.05, 0.1) is 44.0 Å². The lowest BCUT2D eigenvalue weighted by Gasteiger charge is -2.32. The first kappa shape index (κ1) is 50.2. The van der Waals surface area contributed by atoms with Crippen LogP contribution in [-0.2, 0) is 35.3 Å². The molecular formula is C58H71N4O6+. The molecule has 1 aliphatic heterocycles. The van der Waals surface area contributed by atoms with Crippen molar-refractivity contribution in [2.75, 3.05) is 25.9 Å². The van der Waals surface area contributed by atoms with E-state index in [1.165, 1.54) is 0 Å². The van der Waals surface area contributed by atoms with Crippen molar-refractivity contribution in [3.8, 4) is 23.3 Å². The molecule has 10 nitrogen and oxygen atoms in total. The minimum atomic E-state index is -0.702. The number of aliphatic imine (C=N–C) groups is 1. The zero-order chi connectivity index (χ0) is 48.2. The molecule has 0 spiro atoms. The summed E-state index contributed by atoms with van der Waals surface area (Å²) in [6, 6.07) is 26.1. The second-order valence-corrected chi connectivity index (χ2v) is 19.6. The normalized spacial score (nSPS) is 22.5. The summed E-state index contributed by atoms with van der Waals surface area (Å²) >= 11 is 0. The number of aryl methyl sites for hydroxylation is 2. The Morgan fingerprint density at radius 2 is 1.69 bits per heavy atom. The predicted molar refractivity (Wildman–Crippen MR) is 270 cm³/mol. The smallest absolute Gasteiger partial charge is 0.177 e. The molecule has 3 aromatic carbocycles. The Kier molecular flexibility index (Phi) is 17.7. The number of phenolic OH excluding ortho intramolecular Hbond substituents is 1. The number of aromatic hydroxyl groups is 1. The van der Waals surface area contributed by atoms with Crippen LogP contribution in [-0.4, -0.2) is 70.5 Å². The lowest BCUT2D eigenvalue weighted by atomic mass is 9.73. The van der Waals surface area contributed by atoms with Gasteiger partial charge < -0.3 is 31.1 Å². The summed E-state index contributed by atoms with van der Waals surface area (Å²) in [4.78, 5) is 38.0. The van der Waals surface area contributed by atoms with Crippen LogP contribution in [0.15, 0.2) is 102 Å². The summed E-state index contributed by atoms with van der Waals surface area (Å²) in [6.45, 7) is 7.26. The molecule has 6 N–H and O–H groups in total. The highest BCUT2D eigenvalue weighted by Gasteiger charge is 2.42. The largest absolute Gasteiger partial charge is 0.504 e. The van der Waals surface area contributed by atoms with Crippen LogP contribution in [0.3, 0.4) is 0 Å². The van der Waals surface area contributed by atoms with Crippen molar-refractivity contribution in [3.05, 3.63) is 136 Å². The Morgan fingerprint density at radius 1 is 0.926 bits per heavy atom. The van der Waals surface area contributed by atoms with Crippen molar-refractivity contribution in [3.63, 3.8) is 0 Å². The summed E-state index contributed by atoms with van der Waals surface area (Å²) in [5, 5.41) is 37.3. The van der Waals surface area contributed by atoms with Crippen molar-refractivity contribution in [1.82, 2.24) is 10.3 Å². The third kappa shape index (κ3) is 13.1. The maximum absolute atomic E-state index is 14.9. The molecule has 0 amide bonds. The van der Waals surface area contributed by atoms with E-state index in [1.54, 1.807) is 20.2 Å². The Hall–Kier alpha value is -5.73. The van der Waals surface area contributed by atoms with Gasteiger partial charge in [0, 0.05) is 43.1 Å². The minimum absolute atomic E-state index is 0.0319. The van der Waals surface area contributed by atoms with Gasteiger partial charge in [-0.3, -0.25) is 9.59 Å². The average molecular weight is 920 g/mol. The van der Waals surface area contributed by atoms with Crippen molar-refractivity contribution in [2.24, 2.45) is 40.5 Å². The van der Waals surface area contributed by atoms with Gasteiger partial charge in [-0.05, 0) is 129 Å². The summed E-state index contributed by atoms with van der Waals surface area (Å²) < 4.78 is 5.77. The van der Waals surface area contributed by atoms with Crippen molar-refractivity contribution in [2.45, 2.75) is 116 Å². The Balaban J connectivity index is 1.29. The highest BCUT2D eigenvalue weighted by Crippen LogP contribution is 2.46. The first-order chi connectivity index (χ1) is 32.9. The van der Waals surface area contributed by atoms with Gasteiger partial charge in [0.15, 0.2) is 17.2 Å². The fourth-order valence-corrected chi connectivity index (χ4v) is 11.0. The Labute approximate surface area is 403 Å². The van der Waals surface area contributed by atoms with E-state index in [0.717, 1.165) is 64.3 Å². The van der Waals surface area contributed by atoms with Gasteiger partial charge in [-0.15, -0.1) is 4.99 Å². The monoisotopic (exact) mass is 920 g/mol. The second-order valence-electron chi connectivity index (χ2n) is 19.6. The molecule has 68 heavy (non-hydrogen) atoms. The van der Waals surface area contributed by atoms with E-state index >= 15 is 0 Å². The molecule has 10 heteroatoms. The minimum Gasteiger partial charge on any atom is -0.504 e. The lowest BCUT2D eigenvalue weighted by molar-refractivity contribution is -0.130. The number of nitrogens with one attached hydrogen (secondary N) is 1. The molecule has 0 bridgehead atoms. The van der Waals surface area contributed by atoms with E-state index in [-0.39, 0.29) is 59.7 Å². The fraction of sp³-hybridized carbons (Fsp3) is 0.466. The number of rotatable bonds is 18. The number of aliphatic hydroxyl groups excluding tert-OH is 2. The van der Waals surface area contributed by atoms with E-state index in [1.807, 2.05) is 60.8 Å². The van der Waals surface area contributed by atoms with Gasteiger partial charge in [0.1, 0.15) is 35.6 Å². The first-order valence-corrected chi connectivity index (χ1v) is 24.8. The third-order valence-corrected chi connectivity index (χ3v) is 14.5. The maximum Gasteiger partial charge on any atom is 0.177 e. The quantitative estimate of drug-likeness (QED) is 0.0372. The van der Waals surface area contributed by atoms with E-state index in [0.29, 0.717) is 69.6 Å². The standard InChI is InChI=1S/C58H70N4O6/c1-5-12-49(53(65)32-47-29-46(36-62-47)37(2)34-60-35-38(3)63)45-27-41(25-40-23-24-61-56(59)28-40)26-43-19-22-50(42-15-10-7-11-16-42)57-44(18-20-48(64)33-54(66)52(43)30-45)31-55(68-4)58(67)51(57)21-17-39-13-8-6-9-14-39/h6-11,13-16,23-24,28-29,31,36-38,41,43,45,49-50,52-53,60,63,65H,5,12,17-18,20-21,25-27,30,32-35H2,1-4H3,(H2-,59,61,67)/p+1/t37-,38+,41-,43-,45+,49+,50-,52-,53-/m1/s1. The van der Waals surface area contributed by atoms with Crippen molar-refractivity contribution in [1.29, 1.82) is 0 Å². The van der Waals surface area contributed by atoms with Gasteiger partial charge in [-0.2, -0.15) is 0 Å². The highest BCUT2D eigenvalue weighted by molar-refractivity contribution is 6.00. The van der Waals surface area contributed by atoms with Crippen molar-refractivity contribution < 1.29 is 29.6 Å². The molecule has 3 aliphatic rings. The predicted octanol–water partition coefficient (Wildman–Crippen LogP) is 8.98. The molecule has 0 unspecified atom stereocenters. The molecule has 9 atom stereocenters. The number of hydrogen-bond acceptors (Lipinski definition) is 10. The van der Waals surface area contributed by atoms with E-state index in [2.05, 4.69) is 66.3 Å². The number of Topliss-reactive ketones (excluding diaryl/α,β-unsaturated/α-hetero) is 2. The van der Waals surface area contributed by atoms with Crippen LogP contribution in [0.25, 0.3) is 0 Å². The number of ketones is 2. The zero-order valence-electron chi connectivity index (χ0n) is 40.4. The van der Waals surface area contributed by atoms with Crippen LogP contribution < -0.4 is 15.8 Å². The zero-order valence-corrected chi connectivity index (χ0v) is 40.4. The summed E-state index contributed by atoms with van der Waals surface area (Å²) in [6.07, 6.45) is 10.8. The van der Waals surface area contributed by atoms with Gasteiger partial charge in [0.25, 0.3) is 0 Å². The number of aliphatic hydroxyl groups is 2. The van der Waals surface area contributed by atoms with Crippen LogP contribution in [0.4, 0.5) is 5.82 Å². The van der Waals surface area contributed by atoms with Crippen LogP contribution >= 0.6 is 0 Å². The number of carbonyl (C=O) groups is 2. The number of allylic oxidation sites excluding steroid dienone is 1. The topological polar surface area (TPSA) is 167 Å². The molecule has 358 valence electrons. The number of ether oxygens (including phenoxy) is 1. The summed E-state index contributed by atoms with van der Waals surface area (Å²) in [5.74, 6) is 8.06. The molecule has 0 radical (unpaired) electrons. The van der Waals surface area contributed by atoms with E-state index < -0.39 is 24.0 Å². The van der Waals surface area contributed by atoms with Crippen LogP contribution in [0.1, 0.15) is 111 Å². The summed E-state index contributed by atoms with van der Waals surface area (Å²) in [5.41, 5.74) is 12.8. The number of aromatic nitrogens is 1. The number of carbonyl (C=O) groups excluding carboxylic acids is 2. The van der Waals surface area contributed by atoms with Gasteiger partial charge >= 0.3 is 0 Å². The van der Waals surface area contributed by atoms with Crippen LogP contribution in [0.2, 0.25) is 0 Å². The number of nitrogens with two attached hydrogens (primary N) is 1. The molecule has 1 aromatic heterocycles. The van der Waals surface area contributed by atoms with Crippen LogP contribution in [0, 0.1) is 53.3 Å².